The molecule has 4 rings (SSSR count). The van der Waals surface area contributed by atoms with Crippen molar-refractivity contribution in [3.8, 4) is 5.75 Å². The van der Waals surface area contributed by atoms with Gasteiger partial charge in [0.25, 0.3) is 0 Å². The number of methoxy groups -OCH3 is 1. The summed E-state index contributed by atoms with van der Waals surface area (Å²) in [4.78, 5) is 23.7. The lowest BCUT2D eigenvalue weighted by Crippen LogP contribution is -2.50. The molecule has 138 valence electrons. The Morgan fingerprint density at radius 1 is 0.962 bits per heavy atom. The van der Waals surface area contributed by atoms with Crippen molar-refractivity contribution in [2.45, 2.75) is 14.1 Å². The summed E-state index contributed by atoms with van der Waals surface area (Å²) in [5.74, 6) is -3.02. The van der Waals surface area contributed by atoms with Crippen molar-refractivity contribution in [2.24, 2.45) is 11.8 Å². The predicted molar refractivity (Wildman–Crippen MR) is 103 cm³/mol. The van der Waals surface area contributed by atoms with E-state index in [2.05, 4.69) is 0 Å². The molecule has 1 aromatic carbocycles. The monoisotopic (exact) mass is 473 g/mol. The van der Waals surface area contributed by atoms with Gasteiger partial charge in [0.15, 0.2) is 4.33 Å². The number of ether oxygens (including phenoxy) is 1. The van der Waals surface area contributed by atoms with Gasteiger partial charge in [-0.15, -0.1) is 23.2 Å². The number of alkyl halides is 4. The molecule has 1 aromatic rings. The molecule has 4 atom stereocenters. The Kier molecular flexibility index (Phi) is 4.08. The summed E-state index contributed by atoms with van der Waals surface area (Å²) in [7, 11) is 1.47. The third-order valence-corrected chi connectivity index (χ3v) is 9.48. The number of nitrogens with zero attached hydrogens (tertiary/aromatic N) is 1. The van der Waals surface area contributed by atoms with Crippen LogP contribution >= 0.6 is 69.6 Å². The Morgan fingerprint density at radius 2 is 1.46 bits per heavy atom. The van der Waals surface area contributed by atoms with Gasteiger partial charge in [-0.3, -0.25) is 9.59 Å². The van der Waals surface area contributed by atoms with Gasteiger partial charge in [0, 0.05) is 6.07 Å². The van der Waals surface area contributed by atoms with Gasteiger partial charge < -0.3 is 4.74 Å². The number of carbonyl (C=O) groups is 2. The van der Waals surface area contributed by atoms with Crippen molar-refractivity contribution in [3.05, 3.63) is 34.3 Å². The van der Waals surface area contributed by atoms with Crippen molar-refractivity contribution in [1.29, 1.82) is 0 Å². The maximum atomic E-state index is 13.2. The second-order valence-electron chi connectivity index (χ2n) is 6.29. The molecule has 0 spiro atoms. The van der Waals surface area contributed by atoms with E-state index in [1.165, 1.54) is 7.11 Å². The van der Waals surface area contributed by atoms with Crippen molar-refractivity contribution in [3.63, 3.8) is 0 Å². The van der Waals surface area contributed by atoms with Crippen molar-refractivity contribution < 1.29 is 14.3 Å². The molecule has 4 nitrogen and oxygen atoms in total. The van der Waals surface area contributed by atoms with Gasteiger partial charge in [-0.1, -0.05) is 52.5 Å². The molecular formula is C16H9Cl6NO3. The number of carbonyl (C=O) groups excluding carboxylic acids is 2. The smallest absolute Gasteiger partial charge is 0.240 e. The van der Waals surface area contributed by atoms with E-state index in [0.29, 0.717) is 11.4 Å². The third-order valence-electron chi connectivity index (χ3n) is 5.22. The molecule has 3 aliphatic rings. The first kappa shape index (κ1) is 19.0. The summed E-state index contributed by atoms with van der Waals surface area (Å²) >= 11 is 38.7. The molecule has 1 heterocycles. The molecule has 1 aliphatic heterocycles. The maximum absolute atomic E-state index is 13.2. The zero-order valence-corrected chi connectivity index (χ0v) is 17.4. The van der Waals surface area contributed by atoms with Gasteiger partial charge in [0.2, 0.25) is 11.8 Å². The van der Waals surface area contributed by atoms with E-state index in [0.717, 1.165) is 4.90 Å². The highest BCUT2D eigenvalue weighted by Gasteiger charge is 2.87. The molecule has 1 saturated carbocycles. The number of amides is 2. The number of fused-ring (bicyclic) bond motifs is 5. The van der Waals surface area contributed by atoms with E-state index < -0.39 is 37.7 Å². The van der Waals surface area contributed by atoms with Gasteiger partial charge in [0.1, 0.15) is 15.5 Å². The molecule has 1 saturated heterocycles. The minimum Gasteiger partial charge on any atom is -0.497 e. The number of anilines is 1. The number of benzene rings is 1. The number of halogens is 6. The standard InChI is InChI=1S/C16H9Cl6NO3/c1-26-7-4-2-3-6(5-7)23-12(24)8-9(13(23)25)15(20)11(18)10(17)14(8,19)16(15,21)22/h2-5,8-9H,1H3/t8-,9?,14+,15-/m1/s1. The Labute approximate surface area is 178 Å². The third kappa shape index (κ3) is 1.82. The number of hydrogen-bond acceptors (Lipinski definition) is 3. The van der Waals surface area contributed by atoms with Crippen LogP contribution in [0.4, 0.5) is 5.69 Å². The van der Waals surface area contributed by atoms with Crippen LogP contribution in [0.15, 0.2) is 34.3 Å². The fraction of sp³-hybridized carbons (Fsp3) is 0.375. The summed E-state index contributed by atoms with van der Waals surface area (Å²) in [6.45, 7) is 0. The largest absolute Gasteiger partial charge is 0.497 e. The van der Waals surface area contributed by atoms with Crippen molar-refractivity contribution >= 4 is 87.1 Å². The zero-order valence-electron chi connectivity index (χ0n) is 12.9. The first-order valence-corrected chi connectivity index (χ1v) is 9.65. The maximum Gasteiger partial charge on any atom is 0.240 e. The van der Waals surface area contributed by atoms with Crippen LogP contribution in [-0.2, 0) is 9.59 Å². The van der Waals surface area contributed by atoms with Crippen LogP contribution in [0.25, 0.3) is 0 Å². The molecule has 2 bridgehead atoms. The van der Waals surface area contributed by atoms with E-state index >= 15 is 0 Å². The fourth-order valence-electron chi connectivity index (χ4n) is 4.00. The minimum atomic E-state index is -1.93. The molecule has 2 amide bonds. The van der Waals surface area contributed by atoms with E-state index in [4.69, 9.17) is 74.3 Å². The zero-order chi connectivity index (χ0) is 19.2. The fourth-order valence-corrected chi connectivity index (χ4v) is 6.93. The van der Waals surface area contributed by atoms with Crippen LogP contribution in [0.5, 0.6) is 5.75 Å². The number of hydrogen-bond donors (Lipinski definition) is 0. The molecule has 2 aliphatic carbocycles. The average Bonchev–Trinajstić information content (AvgIpc) is 2.99. The molecule has 10 heteroatoms. The van der Waals surface area contributed by atoms with Crippen LogP contribution in [-0.4, -0.2) is 33.0 Å². The van der Waals surface area contributed by atoms with Gasteiger partial charge >= 0.3 is 0 Å². The molecule has 0 aromatic heterocycles. The van der Waals surface area contributed by atoms with Crippen LogP contribution in [0.3, 0.4) is 0 Å². The first-order chi connectivity index (χ1) is 12.0. The van der Waals surface area contributed by atoms with E-state index in [-0.39, 0.29) is 10.1 Å². The highest BCUT2D eigenvalue weighted by Crippen LogP contribution is 2.77. The van der Waals surface area contributed by atoms with Gasteiger partial charge in [-0.05, 0) is 12.1 Å². The average molecular weight is 476 g/mol. The van der Waals surface area contributed by atoms with Crippen LogP contribution in [0.1, 0.15) is 0 Å². The first-order valence-electron chi connectivity index (χ1n) is 7.38. The molecule has 0 radical (unpaired) electrons. The lowest BCUT2D eigenvalue weighted by atomic mass is 9.84. The molecule has 1 unspecified atom stereocenters. The molecule has 2 fully saturated rings. The summed E-state index contributed by atoms with van der Waals surface area (Å²) in [6.07, 6.45) is 0. The number of rotatable bonds is 2. The van der Waals surface area contributed by atoms with Crippen LogP contribution in [0.2, 0.25) is 0 Å². The topological polar surface area (TPSA) is 46.6 Å². The Hall–Kier alpha value is -0.360. The Morgan fingerprint density at radius 3 is 1.92 bits per heavy atom. The highest BCUT2D eigenvalue weighted by molar-refractivity contribution is 6.67. The minimum absolute atomic E-state index is 0.115. The van der Waals surface area contributed by atoms with Gasteiger partial charge in [-0.2, -0.15) is 0 Å². The number of imide groups is 1. The van der Waals surface area contributed by atoms with E-state index in [1.807, 2.05) is 0 Å². The van der Waals surface area contributed by atoms with E-state index in [1.54, 1.807) is 24.3 Å². The van der Waals surface area contributed by atoms with Crippen molar-refractivity contribution in [1.82, 2.24) is 0 Å². The van der Waals surface area contributed by atoms with Crippen molar-refractivity contribution in [2.75, 3.05) is 12.0 Å². The number of allylic oxidation sites excluding steroid dienone is 2. The Balaban J connectivity index is 1.89. The lowest BCUT2D eigenvalue weighted by Gasteiger charge is -2.34. The highest BCUT2D eigenvalue weighted by atomic mass is 35.5. The second-order valence-corrected chi connectivity index (χ2v) is 9.57. The summed E-state index contributed by atoms with van der Waals surface area (Å²) in [5.41, 5.74) is 0.315. The normalized spacial score (nSPS) is 37.6. The quantitative estimate of drug-likeness (QED) is 0.462. The summed E-state index contributed by atoms with van der Waals surface area (Å²) < 4.78 is 3.21. The van der Waals surface area contributed by atoms with Crippen LogP contribution in [0, 0.1) is 11.8 Å². The molecule has 26 heavy (non-hydrogen) atoms. The summed E-state index contributed by atoms with van der Waals surface area (Å²) in [5, 5.41) is -0.230. The van der Waals surface area contributed by atoms with Gasteiger partial charge in [-0.25, -0.2) is 4.90 Å². The Bertz CT molecular complexity index is 856. The predicted octanol–water partition coefficient (Wildman–Crippen LogP) is 4.65. The molecule has 0 N–H and O–H groups in total. The SMILES string of the molecule is COc1cccc(N2C(=O)C3[C@H](C2=O)[C@]2(Cl)C(Cl)=C(Cl)[C@@]3(Cl)C2(Cl)Cl)c1. The summed E-state index contributed by atoms with van der Waals surface area (Å²) in [6, 6.07) is 6.47. The van der Waals surface area contributed by atoms with E-state index in [9.17, 15) is 9.59 Å². The molecular weight excluding hydrogens is 467 g/mol. The lowest BCUT2D eigenvalue weighted by molar-refractivity contribution is -0.123. The van der Waals surface area contributed by atoms with Crippen LogP contribution < -0.4 is 9.64 Å². The second kappa shape index (κ2) is 5.59. The van der Waals surface area contributed by atoms with Gasteiger partial charge in [0.05, 0.1) is 34.7 Å².